The summed E-state index contributed by atoms with van der Waals surface area (Å²) in [6, 6.07) is 10.4. The minimum Gasteiger partial charge on any atom is -0.386 e. The second-order valence-electron chi connectivity index (χ2n) is 9.63. The first-order chi connectivity index (χ1) is 17.7. The third-order valence-corrected chi connectivity index (χ3v) is 6.88. The van der Waals surface area contributed by atoms with E-state index in [9.17, 15) is 31.9 Å². The predicted molar refractivity (Wildman–Crippen MR) is 133 cm³/mol. The van der Waals surface area contributed by atoms with Gasteiger partial charge in [-0.2, -0.15) is 13.2 Å². The van der Waals surface area contributed by atoms with Gasteiger partial charge >= 0.3 is 6.18 Å². The molecular weight excluding hydrogens is 527 g/mol. The van der Waals surface area contributed by atoms with Crippen molar-refractivity contribution in [1.29, 1.82) is 0 Å². The second-order valence-corrected chi connectivity index (χ2v) is 10.0. The Morgan fingerprint density at radius 1 is 0.947 bits per heavy atom. The SMILES string of the molecule is CC(C)(O)c1cc(NC(=O)c2cc(F)cc(C(F)(F)F)c2)c2c(c1)-c1cc[nH]c1C2c1cc(F)ccc1Cl. The van der Waals surface area contributed by atoms with Crippen molar-refractivity contribution in [2.24, 2.45) is 0 Å². The van der Waals surface area contributed by atoms with Gasteiger partial charge in [0, 0.05) is 33.7 Å². The van der Waals surface area contributed by atoms with Crippen molar-refractivity contribution in [3.63, 3.8) is 0 Å². The molecule has 1 atom stereocenters. The van der Waals surface area contributed by atoms with E-state index in [0.29, 0.717) is 46.1 Å². The molecule has 1 unspecified atom stereocenters. The Bertz CT molecular complexity index is 1590. The summed E-state index contributed by atoms with van der Waals surface area (Å²) in [7, 11) is 0. The lowest BCUT2D eigenvalue weighted by atomic mass is 9.87. The summed E-state index contributed by atoms with van der Waals surface area (Å²) in [5, 5.41) is 13.6. The lowest BCUT2D eigenvalue weighted by molar-refractivity contribution is -0.137. The molecule has 1 aliphatic carbocycles. The zero-order chi connectivity index (χ0) is 27.6. The summed E-state index contributed by atoms with van der Waals surface area (Å²) in [5.41, 5.74) is 0.210. The molecule has 0 radical (unpaired) electrons. The minimum absolute atomic E-state index is 0.150. The van der Waals surface area contributed by atoms with Gasteiger partial charge in [0.1, 0.15) is 11.6 Å². The summed E-state index contributed by atoms with van der Waals surface area (Å²) < 4.78 is 68.1. The maximum Gasteiger partial charge on any atom is 0.416 e. The van der Waals surface area contributed by atoms with Crippen LogP contribution in [0, 0.1) is 11.6 Å². The molecular formula is C28H20ClF5N2O2. The molecule has 0 saturated heterocycles. The van der Waals surface area contributed by atoms with Crippen LogP contribution in [0.5, 0.6) is 0 Å². The van der Waals surface area contributed by atoms with E-state index >= 15 is 0 Å². The van der Waals surface area contributed by atoms with Crippen molar-refractivity contribution in [3.8, 4) is 11.1 Å². The monoisotopic (exact) mass is 546 g/mol. The fourth-order valence-corrected chi connectivity index (χ4v) is 5.00. The third-order valence-electron chi connectivity index (χ3n) is 6.54. The van der Waals surface area contributed by atoms with Gasteiger partial charge in [0.25, 0.3) is 5.91 Å². The van der Waals surface area contributed by atoms with Crippen molar-refractivity contribution in [2.75, 3.05) is 5.32 Å². The number of carbonyl (C=O) groups excluding carboxylic acids is 1. The average molecular weight is 547 g/mol. The molecule has 1 amide bonds. The first-order valence-electron chi connectivity index (χ1n) is 11.5. The van der Waals surface area contributed by atoms with Crippen LogP contribution in [0.15, 0.2) is 60.8 Å². The Balaban J connectivity index is 1.70. The van der Waals surface area contributed by atoms with Gasteiger partial charge in [-0.1, -0.05) is 11.6 Å². The number of amides is 1. The molecule has 0 fully saturated rings. The van der Waals surface area contributed by atoms with Crippen LogP contribution >= 0.6 is 11.6 Å². The van der Waals surface area contributed by atoms with Crippen LogP contribution in [-0.4, -0.2) is 16.0 Å². The van der Waals surface area contributed by atoms with E-state index in [1.54, 1.807) is 18.3 Å². The Morgan fingerprint density at radius 2 is 1.68 bits per heavy atom. The summed E-state index contributed by atoms with van der Waals surface area (Å²) in [6.45, 7) is 3.08. The highest BCUT2D eigenvalue weighted by molar-refractivity contribution is 6.31. The Kier molecular flexibility index (Phi) is 6.11. The number of aromatic amines is 1. The Hall–Kier alpha value is -3.69. The van der Waals surface area contributed by atoms with Crippen LogP contribution in [0.25, 0.3) is 11.1 Å². The number of fused-ring (bicyclic) bond motifs is 3. The molecule has 5 rings (SSSR count). The normalized spacial score (nSPS) is 14.8. The maximum absolute atomic E-state index is 14.3. The summed E-state index contributed by atoms with van der Waals surface area (Å²) in [4.78, 5) is 16.3. The van der Waals surface area contributed by atoms with Crippen LogP contribution in [0.2, 0.25) is 5.02 Å². The summed E-state index contributed by atoms with van der Waals surface area (Å²) >= 11 is 6.46. The van der Waals surface area contributed by atoms with E-state index in [2.05, 4.69) is 10.3 Å². The number of hydrogen-bond acceptors (Lipinski definition) is 2. The maximum atomic E-state index is 14.3. The molecule has 4 nitrogen and oxygen atoms in total. The number of carbonyl (C=O) groups is 1. The molecule has 0 saturated carbocycles. The number of anilines is 1. The third kappa shape index (κ3) is 4.56. The van der Waals surface area contributed by atoms with Crippen LogP contribution in [0.1, 0.15) is 58.1 Å². The summed E-state index contributed by atoms with van der Waals surface area (Å²) in [5.74, 6) is -3.43. The fraction of sp³-hybridized carbons (Fsp3) is 0.179. The molecule has 3 N–H and O–H groups in total. The zero-order valence-electron chi connectivity index (χ0n) is 20.0. The molecule has 1 aliphatic rings. The topological polar surface area (TPSA) is 65.1 Å². The minimum atomic E-state index is -4.86. The smallest absolute Gasteiger partial charge is 0.386 e. The molecule has 1 aromatic heterocycles. The Morgan fingerprint density at radius 3 is 2.37 bits per heavy atom. The molecule has 0 aliphatic heterocycles. The molecule has 196 valence electrons. The number of aromatic nitrogens is 1. The number of benzene rings is 3. The molecule has 0 spiro atoms. The molecule has 38 heavy (non-hydrogen) atoms. The number of H-pyrrole nitrogens is 1. The van der Waals surface area contributed by atoms with Crippen molar-refractivity contribution in [3.05, 3.63) is 111 Å². The van der Waals surface area contributed by atoms with Gasteiger partial charge in [0.05, 0.1) is 17.1 Å². The number of rotatable bonds is 4. The quantitative estimate of drug-likeness (QED) is 0.203. The number of alkyl halides is 3. The Labute approximate surface area is 219 Å². The number of halogens is 6. The summed E-state index contributed by atoms with van der Waals surface area (Å²) in [6.07, 6.45) is -3.17. The number of hydrogen-bond donors (Lipinski definition) is 3. The first kappa shape index (κ1) is 25.9. The highest BCUT2D eigenvalue weighted by Gasteiger charge is 2.37. The lowest BCUT2D eigenvalue weighted by Gasteiger charge is -2.24. The van der Waals surface area contributed by atoms with E-state index in [1.807, 2.05) is 0 Å². The van der Waals surface area contributed by atoms with Crippen LogP contribution in [0.4, 0.5) is 27.6 Å². The number of aliphatic hydroxyl groups is 1. The van der Waals surface area contributed by atoms with E-state index in [1.165, 1.54) is 38.1 Å². The largest absolute Gasteiger partial charge is 0.416 e. The van der Waals surface area contributed by atoms with Crippen LogP contribution < -0.4 is 5.32 Å². The van der Waals surface area contributed by atoms with Crippen molar-refractivity contribution in [1.82, 2.24) is 4.98 Å². The van der Waals surface area contributed by atoms with Gasteiger partial charge in [-0.25, -0.2) is 8.78 Å². The second kappa shape index (κ2) is 8.96. The predicted octanol–water partition coefficient (Wildman–Crippen LogP) is 7.61. The van der Waals surface area contributed by atoms with E-state index in [-0.39, 0.29) is 10.7 Å². The van der Waals surface area contributed by atoms with E-state index < -0.39 is 46.4 Å². The molecule has 3 aromatic carbocycles. The average Bonchev–Trinajstić information content (AvgIpc) is 3.40. The number of nitrogens with one attached hydrogen (secondary N) is 2. The molecule has 4 aromatic rings. The van der Waals surface area contributed by atoms with Gasteiger partial charge in [-0.15, -0.1) is 0 Å². The van der Waals surface area contributed by atoms with Crippen molar-refractivity contribution in [2.45, 2.75) is 31.5 Å². The first-order valence-corrected chi connectivity index (χ1v) is 11.8. The van der Waals surface area contributed by atoms with Gasteiger partial charge in [0.2, 0.25) is 0 Å². The van der Waals surface area contributed by atoms with Gasteiger partial charge in [-0.3, -0.25) is 4.79 Å². The lowest BCUT2D eigenvalue weighted by Crippen LogP contribution is -2.19. The standard InChI is InChI=1S/C28H20ClF5N2O2/c1-27(2,38)14-10-19-18-5-6-35-25(18)24(20-12-16(30)3-4-21(20)29)23(19)22(11-14)36-26(37)13-7-15(28(32,33)34)9-17(31)8-13/h3-12,24,35,38H,1-2H3,(H,36,37). The van der Waals surface area contributed by atoms with Gasteiger partial charge in [-0.05, 0) is 90.7 Å². The molecule has 1 heterocycles. The van der Waals surface area contributed by atoms with E-state index in [0.717, 1.165) is 5.56 Å². The fourth-order valence-electron chi connectivity index (χ4n) is 4.77. The zero-order valence-corrected chi connectivity index (χ0v) is 20.7. The van der Waals surface area contributed by atoms with Crippen molar-refractivity contribution < 1.29 is 31.9 Å². The van der Waals surface area contributed by atoms with Crippen molar-refractivity contribution >= 4 is 23.2 Å². The van der Waals surface area contributed by atoms with Crippen LogP contribution in [-0.2, 0) is 11.8 Å². The molecule has 0 bridgehead atoms. The van der Waals surface area contributed by atoms with Gasteiger partial charge in [0.15, 0.2) is 0 Å². The van der Waals surface area contributed by atoms with Crippen LogP contribution in [0.3, 0.4) is 0 Å². The highest BCUT2D eigenvalue weighted by Crippen LogP contribution is 2.53. The van der Waals surface area contributed by atoms with E-state index in [4.69, 9.17) is 11.6 Å². The highest BCUT2D eigenvalue weighted by atomic mass is 35.5. The molecule has 10 heteroatoms. The van der Waals surface area contributed by atoms with Gasteiger partial charge < -0.3 is 15.4 Å².